The summed E-state index contributed by atoms with van der Waals surface area (Å²) in [5, 5.41) is 6.45. The van der Waals surface area contributed by atoms with Crippen molar-refractivity contribution < 1.29 is 9.18 Å². The van der Waals surface area contributed by atoms with Crippen LogP contribution in [-0.2, 0) is 0 Å². The van der Waals surface area contributed by atoms with Crippen molar-refractivity contribution in [1.29, 1.82) is 0 Å². The van der Waals surface area contributed by atoms with Crippen LogP contribution in [0.25, 0.3) is 0 Å². The average Bonchev–Trinajstić information content (AvgIpc) is 3.41. The van der Waals surface area contributed by atoms with Gasteiger partial charge in [0.05, 0.1) is 11.3 Å². The Balaban J connectivity index is 1.53. The van der Waals surface area contributed by atoms with E-state index in [1.54, 1.807) is 6.20 Å². The van der Waals surface area contributed by atoms with E-state index in [1.165, 1.54) is 37.5 Å². The minimum atomic E-state index is -0.397. The van der Waals surface area contributed by atoms with Crippen molar-refractivity contribution in [3.8, 4) is 0 Å². The molecule has 0 radical (unpaired) electrons. The molecule has 1 amide bonds. The molecule has 1 aromatic heterocycles. The Hall–Kier alpha value is -2.14. The fourth-order valence-corrected chi connectivity index (χ4v) is 3.39. The Kier molecular flexibility index (Phi) is 4.81. The van der Waals surface area contributed by atoms with E-state index in [1.807, 2.05) is 6.07 Å². The summed E-state index contributed by atoms with van der Waals surface area (Å²) in [4.78, 5) is 16.9. The standard InChI is InChI=1S/C20H21ClFN3O/c21-14-6-7-17(22)18(8-14)25-19-9-15(13-4-5-13)16(11-23-19)20(26)24-10-12-2-1-3-12/h6-9,11-13H,1-5,10H2,(H,23,25)(H,24,26). The number of hydrogen-bond donors (Lipinski definition) is 2. The molecule has 6 heteroatoms. The number of nitrogens with one attached hydrogen (secondary N) is 2. The van der Waals surface area contributed by atoms with Crippen molar-refractivity contribution in [1.82, 2.24) is 10.3 Å². The first-order chi connectivity index (χ1) is 12.6. The second-order valence-electron chi connectivity index (χ2n) is 7.19. The summed E-state index contributed by atoms with van der Waals surface area (Å²) in [5.74, 6) is 1.05. The third kappa shape index (κ3) is 3.83. The van der Waals surface area contributed by atoms with E-state index in [0.29, 0.717) is 28.2 Å². The van der Waals surface area contributed by atoms with Gasteiger partial charge in [-0.25, -0.2) is 9.37 Å². The van der Waals surface area contributed by atoms with Gasteiger partial charge in [-0.2, -0.15) is 0 Å². The molecule has 2 saturated carbocycles. The van der Waals surface area contributed by atoms with Gasteiger partial charge < -0.3 is 10.6 Å². The number of aromatic nitrogens is 1. The minimum absolute atomic E-state index is 0.0632. The largest absolute Gasteiger partial charge is 0.352 e. The first kappa shape index (κ1) is 17.3. The molecule has 0 spiro atoms. The quantitative estimate of drug-likeness (QED) is 0.747. The number of rotatable bonds is 6. The molecule has 2 aromatic rings. The second-order valence-corrected chi connectivity index (χ2v) is 7.62. The molecule has 2 fully saturated rings. The fraction of sp³-hybridized carbons (Fsp3) is 0.400. The van der Waals surface area contributed by atoms with Gasteiger partial charge in [-0.15, -0.1) is 0 Å². The zero-order valence-corrected chi connectivity index (χ0v) is 15.2. The summed E-state index contributed by atoms with van der Waals surface area (Å²) in [6, 6.07) is 6.19. The first-order valence-electron chi connectivity index (χ1n) is 9.10. The highest BCUT2D eigenvalue weighted by molar-refractivity contribution is 6.30. The van der Waals surface area contributed by atoms with E-state index in [9.17, 15) is 9.18 Å². The van der Waals surface area contributed by atoms with Crippen LogP contribution in [0.1, 0.15) is 53.9 Å². The zero-order chi connectivity index (χ0) is 18.1. The maximum Gasteiger partial charge on any atom is 0.253 e. The SMILES string of the molecule is O=C(NCC1CCC1)c1cnc(Nc2cc(Cl)ccc2F)cc1C1CC1. The van der Waals surface area contributed by atoms with Crippen molar-refractivity contribution in [2.75, 3.05) is 11.9 Å². The molecule has 2 aliphatic carbocycles. The lowest BCUT2D eigenvalue weighted by molar-refractivity contribution is 0.0937. The number of hydrogen-bond acceptors (Lipinski definition) is 3. The van der Waals surface area contributed by atoms with Crippen molar-refractivity contribution in [2.24, 2.45) is 5.92 Å². The van der Waals surface area contributed by atoms with Crippen LogP contribution >= 0.6 is 11.6 Å². The van der Waals surface area contributed by atoms with Crippen LogP contribution in [0.15, 0.2) is 30.5 Å². The summed E-state index contributed by atoms with van der Waals surface area (Å²) < 4.78 is 13.9. The van der Waals surface area contributed by atoms with Crippen LogP contribution in [0.4, 0.5) is 15.9 Å². The van der Waals surface area contributed by atoms with Gasteiger partial charge in [-0.3, -0.25) is 4.79 Å². The number of benzene rings is 1. The second kappa shape index (κ2) is 7.23. The van der Waals surface area contributed by atoms with E-state index in [4.69, 9.17) is 11.6 Å². The van der Waals surface area contributed by atoms with Gasteiger partial charge in [0.25, 0.3) is 5.91 Å². The predicted octanol–water partition coefficient (Wildman–Crippen LogP) is 5.03. The Bertz CT molecular complexity index is 834. The van der Waals surface area contributed by atoms with Crippen molar-refractivity contribution in [3.05, 3.63) is 52.4 Å². The molecular formula is C20H21ClFN3O. The molecule has 0 unspecified atom stereocenters. The summed E-state index contributed by atoms with van der Waals surface area (Å²) in [7, 11) is 0. The van der Waals surface area contributed by atoms with Crippen molar-refractivity contribution in [2.45, 2.75) is 38.0 Å². The third-order valence-electron chi connectivity index (χ3n) is 5.16. The van der Waals surface area contributed by atoms with Crippen LogP contribution in [0.3, 0.4) is 0 Å². The molecule has 0 aliphatic heterocycles. The Morgan fingerprint density at radius 3 is 2.73 bits per heavy atom. The zero-order valence-electron chi connectivity index (χ0n) is 14.4. The number of carbonyl (C=O) groups excluding carboxylic acids is 1. The Morgan fingerprint density at radius 2 is 2.04 bits per heavy atom. The molecule has 4 nitrogen and oxygen atoms in total. The minimum Gasteiger partial charge on any atom is -0.352 e. The van der Waals surface area contributed by atoms with Gasteiger partial charge in [0.2, 0.25) is 0 Å². The van der Waals surface area contributed by atoms with Gasteiger partial charge in [0.15, 0.2) is 0 Å². The molecule has 4 rings (SSSR count). The summed E-state index contributed by atoms with van der Waals surface area (Å²) in [5.41, 5.74) is 1.88. The molecule has 1 heterocycles. The lowest BCUT2D eigenvalue weighted by Gasteiger charge is -2.25. The number of halogens is 2. The Morgan fingerprint density at radius 1 is 1.23 bits per heavy atom. The highest BCUT2D eigenvalue weighted by Crippen LogP contribution is 2.42. The fourth-order valence-electron chi connectivity index (χ4n) is 3.22. The molecular weight excluding hydrogens is 353 g/mol. The van der Waals surface area contributed by atoms with E-state index in [-0.39, 0.29) is 11.6 Å². The molecule has 2 N–H and O–H groups in total. The van der Waals surface area contributed by atoms with Crippen molar-refractivity contribution >= 4 is 29.0 Å². The number of anilines is 2. The lowest BCUT2D eigenvalue weighted by Crippen LogP contribution is -2.32. The van der Waals surface area contributed by atoms with E-state index in [0.717, 1.165) is 24.9 Å². The normalized spacial score (nSPS) is 16.8. The first-order valence-corrected chi connectivity index (χ1v) is 9.48. The number of pyridine rings is 1. The molecule has 136 valence electrons. The van der Waals surface area contributed by atoms with Crippen LogP contribution in [-0.4, -0.2) is 17.4 Å². The summed E-state index contributed by atoms with van der Waals surface area (Å²) in [6.07, 6.45) is 7.38. The average molecular weight is 374 g/mol. The van der Waals surface area contributed by atoms with E-state index < -0.39 is 5.82 Å². The molecule has 1 aromatic carbocycles. The molecule has 26 heavy (non-hydrogen) atoms. The predicted molar refractivity (Wildman–Crippen MR) is 101 cm³/mol. The molecule has 0 bridgehead atoms. The van der Waals surface area contributed by atoms with E-state index in [2.05, 4.69) is 15.6 Å². The maximum atomic E-state index is 13.9. The molecule has 0 saturated heterocycles. The van der Waals surface area contributed by atoms with Gasteiger partial charge in [-0.05, 0) is 67.3 Å². The lowest BCUT2D eigenvalue weighted by atomic mass is 9.85. The summed E-state index contributed by atoms with van der Waals surface area (Å²) in [6.45, 7) is 0.733. The van der Waals surface area contributed by atoms with Gasteiger partial charge in [-0.1, -0.05) is 18.0 Å². The maximum absolute atomic E-state index is 13.9. The number of amides is 1. The smallest absolute Gasteiger partial charge is 0.253 e. The van der Waals surface area contributed by atoms with Crippen LogP contribution < -0.4 is 10.6 Å². The highest BCUT2D eigenvalue weighted by atomic mass is 35.5. The van der Waals surface area contributed by atoms with Crippen LogP contribution in [0.2, 0.25) is 5.02 Å². The van der Waals surface area contributed by atoms with Gasteiger partial charge >= 0.3 is 0 Å². The highest BCUT2D eigenvalue weighted by Gasteiger charge is 2.29. The van der Waals surface area contributed by atoms with Gasteiger partial charge in [0, 0.05) is 17.8 Å². The number of carbonyl (C=O) groups is 1. The van der Waals surface area contributed by atoms with Crippen molar-refractivity contribution in [3.63, 3.8) is 0 Å². The van der Waals surface area contributed by atoms with Crippen LogP contribution in [0.5, 0.6) is 0 Å². The third-order valence-corrected chi connectivity index (χ3v) is 5.40. The van der Waals surface area contributed by atoms with Crippen LogP contribution in [0, 0.1) is 11.7 Å². The molecule has 0 atom stereocenters. The monoisotopic (exact) mass is 373 g/mol. The Labute approximate surface area is 157 Å². The van der Waals surface area contributed by atoms with Gasteiger partial charge in [0.1, 0.15) is 11.6 Å². The molecule has 2 aliphatic rings. The topological polar surface area (TPSA) is 54.0 Å². The van der Waals surface area contributed by atoms with E-state index >= 15 is 0 Å². The summed E-state index contributed by atoms with van der Waals surface area (Å²) >= 11 is 5.94. The number of nitrogens with zero attached hydrogens (tertiary/aromatic N) is 1.